The molecule has 0 bridgehead atoms. The van der Waals surface area contributed by atoms with E-state index >= 15 is 0 Å². The van der Waals surface area contributed by atoms with Gasteiger partial charge in [-0.15, -0.1) is 0 Å². The number of pyridine rings is 1. The van der Waals surface area contributed by atoms with Gasteiger partial charge in [-0.1, -0.05) is 0 Å². The normalized spacial score (nSPS) is 19.0. The molecule has 1 aliphatic heterocycles. The topological polar surface area (TPSA) is 101 Å². The third-order valence-electron chi connectivity index (χ3n) is 3.19. The summed E-state index contributed by atoms with van der Waals surface area (Å²) in [6.45, 7) is 1.44. The molecule has 1 fully saturated rings. The Labute approximate surface area is 111 Å². The summed E-state index contributed by atoms with van der Waals surface area (Å²) >= 11 is 0. The van der Waals surface area contributed by atoms with E-state index in [0.717, 1.165) is 25.1 Å². The molecule has 19 heavy (non-hydrogen) atoms. The van der Waals surface area contributed by atoms with Crippen LogP contribution in [0.5, 0.6) is 5.88 Å². The van der Waals surface area contributed by atoms with Crippen LogP contribution in [0.15, 0.2) is 12.3 Å². The number of nitrogen functional groups attached to an aromatic ring is 1. The number of aromatic nitrogens is 1. The summed E-state index contributed by atoms with van der Waals surface area (Å²) in [7, 11) is 1.55. The first-order valence-corrected chi connectivity index (χ1v) is 6.14. The molecule has 7 heteroatoms. The summed E-state index contributed by atoms with van der Waals surface area (Å²) in [6.07, 6.45) is 2.31. The number of hydrogen-bond acceptors (Lipinski definition) is 5. The standard InChI is InChI=1S/C12H18N4O3/c1-19-11-5-10(9(13)6-14-11)16-4-2-3-8(7-16)15-12(17)18/h5-6,8,15H,2-4,7,13H2,1H3,(H,17,18)/t8-/m0/s1. The monoisotopic (exact) mass is 266 g/mol. The van der Waals surface area contributed by atoms with E-state index in [4.69, 9.17) is 15.6 Å². The van der Waals surface area contributed by atoms with E-state index in [2.05, 4.69) is 15.2 Å². The Morgan fingerprint density at radius 2 is 2.47 bits per heavy atom. The third kappa shape index (κ3) is 3.18. The van der Waals surface area contributed by atoms with Crippen LogP contribution in [-0.2, 0) is 0 Å². The molecule has 1 saturated heterocycles. The molecular weight excluding hydrogens is 248 g/mol. The van der Waals surface area contributed by atoms with Crippen molar-refractivity contribution >= 4 is 17.5 Å². The number of nitrogens with zero attached hydrogens (tertiary/aromatic N) is 2. The Kier molecular flexibility index (Phi) is 3.94. The Morgan fingerprint density at radius 3 is 3.16 bits per heavy atom. The molecule has 0 aromatic carbocycles. The number of anilines is 2. The highest BCUT2D eigenvalue weighted by atomic mass is 16.5. The molecule has 1 aliphatic rings. The Hall–Kier alpha value is -2.18. The molecule has 0 spiro atoms. The van der Waals surface area contributed by atoms with Crippen molar-refractivity contribution in [1.29, 1.82) is 0 Å². The summed E-state index contributed by atoms with van der Waals surface area (Å²) < 4.78 is 5.09. The van der Waals surface area contributed by atoms with E-state index in [-0.39, 0.29) is 6.04 Å². The van der Waals surface area contributed by atoms with Gasteiger partial charge in [0, 0.05) is 25.2 Å². The Balaban J connectivity index is 2.14. The zero-order valence-corrected chi connectivity index (χ0v) is 10.8. The molecule has 1 amide bonds. The highest BCUT2D eigenvalue weighted by Gasteiger charge is 2.23. The van der Waals surface area contributed by atoms with Gasteiger partial charge >= 0.3 is 6.09 Å². The van der Waals surface area contributed by atoms with E-state index in [1.807, 2.05) is 0 Å². The Morgan fingerprint density at radius 1 is 1.68 bits per heavy atom. The number of ether oxygens (including phenoxy) is 1. The van der Waals surface area contributed by atoms with Crippen LogP contribution in [0, 0.1) is 0 Å². The number of amides is 1. The first-order valence-electron chi connectivity index (χ1n) is 6.14. The van der Waals surface area contributed by atoms with E-state index in [9.17, 15) is 4.79 Å². The van der Waals surface area contributed by atoms with E-state index < -0.39 is 6.09 Å². The van der Waals surface area contributed by atoms with Gasteiger partial charge in [-0.25, -0.2) is 9.78 Å². The van der Waals surface area contributed by atoms with Crippen molar-refractivity contribution in [2.45, 2.75) is 18.9 Å². The molecule has 1 aromatic heterocycles. The van der Waals surface area contributed by atoms with Crippen molar-refractivity contribution in [1.82, 2.24) is 10.3 Å². The minimum atomic E-state index is -0.993. The average molecular weight is 266 g/mol. The van der Waals surface area contributed by atoms with Crippen LogP contribution >= 0.6 is 0 Å². The predicted molar refractivity (Wildman–Crippen MR) is 71.6 cm³/mol. The number of piperidine rings is 1. The van der Waals surface area contributed by atoms with Crippen LogP contribution in [0.1, 0.15) is 12.8 Å². The zero-order chi connectivity index (χ0) is 13.8. The Bertz CT molecular complexity index is 466. The van der Waals surface area contributed by atoms with Gasteiger partial charge in [0.1, 0.15) is 0 Å². The highest BCUT2D eigenvalue weighted by Crippen LogP contribution is 2.28. The van der Waals surface area contributed by atoms with Crippen LogP contribution in [-0.4, -0.2) is 42.4 Å². The lowest BCUT2D eigenvalue weighted by Crippen LogP contribution is -2.47. The molecule has 1 aromatic rings. The zero-order valence-electron chi connectivity index (χ0n) is 10.8. The summed E-state index contributed by atoms with van der Waals surface area (Å²) in [5, 5.41) is 11.3. The second-order valence-electron chi connectivity index (χ2n) is 4.52. The van der Waals surface area contributed by atoms with Gasteiger partial charge in [0.25, 0.3) is 0 Å². The number of nitrogens with one attached hydrogen (secondary N) is 1. The number of carbonyl (C=O) groups is 1. The lowest BCUT2D eigenvalue weighted by Gasteiger charge is -2.34. The summed E-state index contributed by atoms with van der Waals surface area (Å²) in [6, 6.07) is 1.70. The van der Waals surface area contributed by atoms with Crippen LogP contribution in [0.25, 0.3) is 0 Å². The fraction of sp³-hybridized carbons (Fsp3) is 0.500. The number of hydrogen-bond donors (Lipinski definition) is 3. The maximum atomic E-state index is 10.7. The molecule has 2 rings (SSSR count). The SMILES string of the molecule is COc1cc(N2CCC[C@H](NC(=O)O)C2)c(N)cn1. The van der Waals surface area contributed by atoms with Crippen molar-refractivity contribution in [2.75, 3.05) is 30.8 Å². The largest absolute Gasteiger partial charge is 0.481 e. The smallest absolute Gasteiger partial charge is 0.404 e. The van der Waals surface area contributed by atoms with Gasteiger partial charge in [0.05, 0.1) is 24.7 Å². The van der Waals surface area contributed by atoms with Crippen molar-refractivity contribution in [3.05, 3.63) is 12.3 Å². The van der Waals surface area contributed by atoms with Gasteiger partial charge in [0.2, 0.25) is 5.88 Å². The van der Waals surface area contributed by atoms with E-state index in [1.54, 1.807) is 19.4 Å². The molecule has 0 radical (unpaired) electrons. The fourth-order valence-corrected chi connectivity index (χ4v) is 2.31. The maximum absolute atomic E-state index is 10.7. The molecule has 0 unspecified atom stereocenters. The minimum Gasteiger partial charge on any atom is -0.481 e. The fourth-order valence-electron chi connectivity index (χ4n) is 2.31. The van der Waals surface area contributed by atoms with Crippen LogP contribution in [0.2, 0.25) is 0 Å². The lowest BCUT2D eigenvalue weighted by molar-refractivity contribution is 0.188. The first kappa shape index (κ1) is 13.3. The maximum Gasteiger partial charge on any atom is 0.404 e. The summed E-state index contributed by atoms with van der Waals surface area (Å²) in [4.78, 5) is 16.8. The molecule has 7 nitrogen and oxygen atoms in total. The third-order valence-corrected chi connectivity index (χ3v) is 3.19. The van der Waals surface area contributed by atoms with Gasteiger partial charge in [0.15, 0.2) is 0 Å². The van der Waals surface area contributed by atoms with Crippen molar-refractivity contribution in [3.63, 3.8) is 0 Å². The number of carboxylic acid groups (broad SMARTS) is 1. The van der Waals surface area contributed by atoms with Gasteiger partial charge in [-0.2, -0.15) is 0 Å². The molecule has 2 heterocycles. The highest BCUT2D eigenvalue weighted by molar-refractivity contribution is 5.68. The second kappa shape index (κ2) is 5.64. The number of nitrogens with two attached hydrogens (primary N) is 1. The minimum absolute atomic E-state index is 0.0789. The van der Waals surface area contributed by atoms with Crippen LogP contribution in [0.4, 0.5) is 16.2 Å². The quantitative estimate of drug-likeness (QED) is 0.751. The predicted octanol–water partition coefficient (Wildman–Crippen LogP) is 0.909. The average Bonchev–Trinajstić information content (AvgIpc) is 2.39. The molecule has 1 atom stereocenters. The van der Waals surface area contributed by atoms with Crippen LogP contribution in [0.3, 0.4) is 0 Å². The van der Waals surface area contributed by atoms with Crippen LogP contribution < -0.4 is 20.7 Å². The first-order chi connectivity index (χ1) is 9.10. The molecule has 0 saturated carbocycles. The number of methoxy groups -OCH3 is 1. The van der Waals surface area contributed by atoms with Gasteiger partial charge in [-0.05, 0) is 12.8 Å². The summed E-state index contributed by atoms with van der Waals surface area (Å²) in [5.41, 5.74) is 7.33. The second-order valence-corrected chi connectivity index (χ2v) is 4.52. The van der Waals surface area contributed by atoms with Crippen molar-refractivity contribution in [3.8, 4) is 5.88 Å². The summed E-state index contributed by atoms with van der Waals surface area (Å²) in [5.74, 6) is 0.498. The van der Waals surface area contributed by atoms with Gasteiger partial charge in [-0.3, -0.25) is 0 Å². The van der Waals surface area contributed by atoms with E-state index in [1.165, 1.54) is 0 Å². The lowest BCUT2D eigenvalue weighted by atomic mass is 10.1. The molecular formula is C12H18N4O3. The molecule has 4 N–H and O–H groups in total. The molecule has 0 aliphatic carbocycles. The molecule has 104 valence electrons. The van der Waals surface area contributed by atoms with Crippen molar-refractivity contribution in [2.24, 2.45) is 0 Å². The van der Waals surface area contributed by atoms with Gasteiger partial charge < -0.3 is 25.8 Å². The number of rotatable bonds is 3. The van der Waals surface area contributed by atoms with Crippen molar-refractivity contribution < 1.29 is 14.6 Å². The van der Waals surface area contributed by atoms with E-state index in [0.29, 0.717) is 18.1 Å².